The van der Waals surface area contributed by atoms with Crippen LogP contribution in [0.1, 0.15) is 18.4 Å². The van der Waals surface area contributed by atoms with Gasteiger partial charge in [0.15, 0.2) is 0 Å². The van der Waals surface area contributed by atoms with Gasteiger partial charge in [0.25, 0.3) is 0 Å². The summed E-state index contributed by atoms with van der Waals surface area (Å²) in [6, 6.07) is 12.0. The van der Waals surface area contributed by atoms with Gasteiger partial charge in [-0.15, -0.1) is 0 Å². The molecule has 0 radical (unpaired) electrons. The van der Waals surface area contributed by atoms with Crippen molar-refractivity contribution in [3.8, 4) is 5.75 Å². The Bertz CT molecular complexity index is 557. The first-order valence-electron chi connectivity index (χ1n) is 5.01. The van der Waals surface area contributed by atoms with Gasteiger partial charge in [0.2, 0.25) is 0 Å². The van der Waals surface area contributed by atoms with Crippen molar-refractivity contribution in [2.75, 3.05) is 0 Å². The van der Waals surface area contributed by atoms with Crippen LogP contribution in [0.4, 0.5) is 0 Å². The monoisotopic (exact) mass is 198 g/mol. The molecule has 0 amide bonds. The second kappa shape index (κ2) is 2.83. The van der Waals surface area contributed by atoms with E-state index in [-0.39, 0.29) is 11.9 Å². The number of fused-ring (bicyclic) bond motifs is 3. The van der Waals surface area contributed by atoms with Gasteiger partial charge in [0.05, 0.1) is 5.92 Å². The van der Waals surface area contributed by atoms with E-state index in [2.05, 4.69) is 0 Å². The third-order valence-electron chi connectivity index (χ3n) is 2.93. The number of carbonyl (C=O) groups is 1. The number of benzene rings is 2. The molecule has 0 saturated heterocycles. The summed E-state index contributed by atoms with van der Waals surface area (Å²) in [5, 5.41) is 2.13. The smallest absolute Gasteiger partial charge is 0.318 e. The Morgan fingerprint density at radius 1 is 1.13 bits per heavy atom. The highest BCUT2D eigenvalue weighted by Crippen LogP contribution is 2.39. The highest BCUT2D eigenvalue weighted by molar-refractivity contribution is 5.97. The van der Waals surface area contributed by atoms with Crippen molar-refractivity contribution in [1.82, 2.24) is 0 Å². The van der Waals surface area contributed by atoms with E-state index in [1.807, 2.05) is 43.3 Å². The summed E-state index contributed by atoms with van der Waals surface area (Å²) in [6.45, 7) is 1.88. The predicted molar refractivity (Wildman–Crippen MR) is 58.0 cm³/mol. The molecule has 2 heteroatoms. The molecule has 1 aliphatic heterocycles. The van der Waals surface area contributed by atoms with Crippen LogP contribution >= 0.6 is 0 Å². The van der Waals surface area contributed by atoms with Gasteiger partial charge in [-0.1, -0.05) is 36.4 Å². The lowest BCUT2D eigenvalue weighted by atomic mass is 9.99. The fourth-order valence-electron chi connectivity index (χ4n) is 2.03. The molecule has 0 aromatic heterocycles. The second-order valence-electron chi connectivity index (χ2n) is 3.85. The van der Waals surface area contributed by atoms with Crippen molar-refractivity contribution >= 4 is 16.7 Å². The van der Waals surface area contributed by atoms with Crippen LogP contribution in [0.2, 0.25) is 0 Å². The molecule has 1 aliphatic rings. The van der Waals surface area contributed by atoms with E-state index >= 15 is 0 Å². The van der Waals surface area contributed by atoms with E-state index in [0.717, 1.165) is 22.1 Å². The maximum Gasteiger partial charge on any atom is 0.318 e. The fraction of sp³-hybridized carbons (Fsp3) is 0.154. The minimum atomic E-state index is -0.152. The van der Waals surface area contributed by atoms with Crippen LogP contribution in [0.15, 0.2) is 36.4 Å². The van der Waals surface area contributed by atoms with E-state index in [4.69, 9.17) is 4.74 Å². The number of ether oxygens (including phenoxy) is 1. The molecule has 3 rings (SSSR count). The highest BCUT2D eigenvalue weighted by Gasteiger charge is 2.30. The minimum Gasteiger partial charge on any atom is -0.425 e. The van der Waals surface area contributed by atoms with Gasteiger partial charge in [-0.25, -0.2) is 0 Å². The Morgan fingerprint density at radius 2 is 1.93 bits per heavy atom. The quantitative estimate of drug-likeness (QED) is 0.480. The van der Waals surface area contributed by atoms with Crippen molar-refractivity contribution in [2.45, 2.75) is 12.8 Å². The zero-order valence-corrected chi connectivity index (χ0v) is 8.36. The van der Waals surface area contributed by atoms with Gasteiger partial charge in [0, 0.05) is 10.9 Å². The van der Waals surface area contributed by atoms with Gasteiger partial charge in [-0.3, -0.25) is 4.79 Å². The molecule has 15 heavy (non-hydrogen) atoms. The second-order valence-corrected chi connectivity index (χ2v) is 3.85. The van der Waals surface area contributed by atoms with Crippen LogP contribution in [-0.4, -0.2) is 5.97 Å². The maximum absolute atomic E-state index is 11.5. The molecule has 0 saturated carbocycles. The highest BCUT2D eigenvalue weighted by atomic mass is 16.5. The third kappa shape index (κ3) is 1.08. The van der Waals surface area contributed by atoms with Crippen molar-refractivity contribution in [3.05, 3.63) is 42.0 Å². The van der Waals surface area contributed by atoms with Gasteiger partial charge in [0.1, 0.15) is 5.75 Å². The molecular weight excluding hydrogens is 188 g/mol. The molecular formula is C13H10O2. The van der Waals surface area contributed by atoms with Crippen molar-refractivity contribution in [3.63, 3.8) is 0 Å². The molecule has 0 N–H and O–H groups in total. The Kier molecular flexibility index (Phi) is 1.60. The molecule has 0 fully saturated rings. The van der Waals surface area contributed by atoms with E-state index in [1.54, 1.807) is 0 Å². The third-order valence-corrected chi connectivity index (χ3v) is 2.93. The summed E-state index contributed by atoms with van der Waals surface area (Å²) in [5.41, 5.74) is 0.999. The lowest BCUT2D eigenvalue weighted by Crippen LogP contribution is -2.05. The molecule has 74 valence electrons. The molecule has 0 bridgehead atoms. The van der Waals surface area contributed by atoms with Crippen LogP contribution in [0.25, 0.3) is 10.8 Å². The van der Waals surface area contributed by atoms with Crippen molar-refractivity contribution < 1.29 is 9.53 Å². The number of rotatable bonds is 0. The standard InChI is InChI=1S/C13H10O2/c1-8-10-7-6-9-4-2-3-5-11(9)12(10)15-13(8)14/h2-8H,1H3. The number of esters is 1. The number of hydrogen-bond acceptors (Lipinski definition) is 2. The predicted octanol–water partition coefficient (Wildman–Crippen LogP) is 2.86. The summed E-state index contributed by atoms with van der Waals surface area (Å²) in [7, 11) is 0. The summed E-state index contributed by atoms with van der Waals surface area (Å²) >= 11 is 0. The summed E-state index contributed by atoms with van der Waals surface area (Å²) < 4.78 is 5.29. The van der Waals surface area contributed by atoms with E-state index in [1.165, 1.54) is 0 Å². The largest absolute Gasteiger partial charge is 0.425 e. The lowest BCUT2D eigenvalue weighted by Gasteiger charge is -2.03. The summed E-state index contributed by atoms with van der Waals surface area (Å²) in [5.74, 6) is 0.455. The topological polar surface area (TPSA) is 26.3 Å². The molecule has 2 aromatic rings. The van der Waals surface area contributed by atoms with Crippen molar-refractivity contribution in [2.24, 2.45) is 0 Å². The molecule has 2 nitrogen and oxygen atoms in total. The first-order valence-corrected chi connectivity index (χ1v) is 5.01. The number of carbonyl (C=O) groups excluding carboxylic acids is 1. The van der Waals surface area contributed by atoms with Crippen LogP contribution in [0, 0.1) is 0 Å². The fourth-order valence-corrected chi connectivity index (χ4v) is 2.03. The maximum atomic E-state index is 11.5. The van der Waals surface area contributed by atoms with Crippen LogP contribution in [-0.2, 0) is 4.79 Å². The minimum absolute atomic E-state index is 0.135. The van der Waals surface area contributed by atoms with Gasteiger partial charge >= 0.3 is 5.97 Å². The Balaban J connectivity index is 2.38. The van der Waals surface area contributed by atoms with Gasteiger partial charge in [-0.05, 0) is 12.3 Å². The molecule has 1 heterocycles. The average Bonchev–Trinajstić information content (AvgIpc) is 2.56. The zero-order chi connectivity index (χ0) is 10.4. The average molecular weight is 198 g/mol. The van der Waals surface area contributed by atoms with Crippen LogP contribution < -0.4 is 4.74 Å². The summed E-state index contributed by atoms with van der Waals surface area (Å²) in [4.78, 5) is 11.5. The van der Waals surface area contributed by atoms with Gasteiger partial charge in [-0.2, -0.15) is 0 Å². The van der Waals surface area contributed by atoms with Crippen LogP contribution in [0.3, 0.4) is 0 Å². The Morgan fingerprint density at radius 3 is 2.80 bits per heavy atom. The molecule has 1 unspecified atom stereocenters. The van der Waals surface area contributed by atoms with Crippen molar-refractivity contribution in [1.29, 1.82) is 0 Å². The first kappa shape index (κ1) is 8.48. The molecule has 1 atom stereocenters. The SMILES string of the molecule is CC1C(=O)Oc2c1ccc1ccccc21. The van der Waals surface area contributed by atoms with E-state index in [0.29, 0.717) is 0 Å². The number of hydrogen-bond donors (Lipinski definition) is 0. The molecule has 0 spiro atoms. The lowest BCUT2D eigenvalue weighted by molar-refractivity contribution is -0.133. The molecule has 2 aromatic carbocycles. The summed E-state index contributed by atoms with van der Waals surface area (Å²) in [6.07, 6.45) is 0. The van der Waals surface area contributed by atoms with Crippen LogP contribution in [0.5, 0.6) is 5.75 Å². The molecule has 0 aliphatic carbocycles. The zero-order valence-electron chi connectivity index (χ0n) is 8.36. The normalized spacial score (nSPS) is 19.0. The Labute approximate surface area is 87.5 Å². The van der Waals surface area contributed by atoms with Gasteiger partial charge < -0.3 is 4.74 Å². The van der Waals surface area contributed by atoms with E-state index in [9.17, 15) is 4.79 Å². The first-order chi connectivity index (χ1) is 7.27. The Hall–Kier alpha value is -1.83. The van der Waals surface area contributed by atoms with E-state index < -0.39 is 0 Å².